The maximum Gasteiger partial charge on any atom is 0.224 e. The Morgan fingerprint density at radius 2 is 2.03 bits per heavy atom. The van der Waals surface area contributed by atoms with Crippen molar-refractivity contribution in [3.63, 3.8) is 0 Å². The molecule has 6 nitrogen and oxygen atoms in total. The molecule has 4 aliphatic rings. The fourth-order valence-electron chi connectivity index (χ4n) is 7.72. The van der Waals surface area contributed by atoms with Gasteiger partial charge in [-0.2, -0.15) is 0 Å². The molecule has 0 saturated heterocycles. The van der Waals surface area contributed by atoms with Crippen LogP contribution in [0.3, 0.4) is 0 Å². The molecule has 0 aromatic carbocycles. The number of rotatable bonds is 6. The fourth-order valence-corrected chi connectivity index (χ4v) is 7.72. The Morgan fingerprint density at radius 1 is 1.36 bits per heavy atom. The van der Waals surface area contributed by atoms with Crippen molar-refractivity contribution >= 4 is 11.7 Å². The van der Waals surface area contributed by atoms with Crippen molar-refractivity contribution in [1.29, 1.82) is 0 Å². The van der Waals surface area contributed by atoms with Crippen LogP contribution in [0.15, 0.2) is 23.8 Å². The van der Waals surface area contributed by atoms with E-state index in [1.807, 2.05) is 13.0 Å². The number of carbonyl (C=O) groups is 2. The lowest BCUT2D eigenvalue weighted by Gasteiger charge is -2.47. The minimum atomic E-state index is -1.15. The summed E-state index contributed by atoms with van der Waals surface area (Å²) in [6.45, 7) is 13.8. The highest BCUT2D eigenvalue weighted by Crippen LogP contribution is 2.73. The van der Waals surface area contributed by atoms with E-state index in [1.54, 1.807) is 14.0 Å². The first kappa shape index (κ1) is 24.6. The Morgan fingerprint density at radius 3 is 2.61 bits per heavy atom. The van der Waals surface area contributed by atoms with Gasteiger partial charge < -0.3 is 20.3 Å². The molecule has 6 heteroatoms. The number of allylic oxidation sites excluding steroid dienone is 1. The number of Topliss-reactive ketones (excluding diaryl/α,β-unsaturated/α-hetero) is 1. The number of fused-ring (bicyclic) bond motifs is 3. The normalized spacial score (nSPS) is 45.6. The lowest BCUT2D eigenvalue weighted by atomic mass is 9.58. The Hall–Kier alpha value is -1.50. The highest BCUT2D eigenvalue weighted by Gasteiger charge is 2.73. The molecular formula is C27H41NO5. The number of hydrogen-bond acceptors (Lipinski definition) is 5. The number of aliphatic hydroxyl groups excluding tert-OH is 1. The van der Waals surface area contributed by atoms with E-state index in [2.05, 4.69) is 25.7 Å². The number of carbonyl (C=O) groups excluding carboxylic acids is 2. The second-order valence-corrected chi connectivity index (χ2v) is 11.6. The van der Waals surface area contributed by atoms with Gasteiger partial charge in [-0.1, -0.05) is 38.5 Å². The van der Waals surface area contributed by atoms with Gasteiger partial charge in [-0.15, -0.1) is 0 Å². The first-order valence-corrected chi connectivity index (χ1v) is 12.5. The van der Waals surface area contributed by atoms with Gasteiger partial charge in [0.2, 0.25) is 5.91 Å². The monoisotopic (exact) mass is 459 g/mol. The molecule has 4 aliphatic carbocycles. The van der Waals surface area contributed by atoms with E-state index in [9.17, 15) is 19.8 Å². The van der Waals surface area contributed by atoms with Gasteiger partial charge in [0.15, 0.2) is 0 Å². The molecule has 0 aromatic rings. The maximum atomic E-state index is 14.1. The summed E-state index contributed by atoms with van der Waals surface area (Å²) in [5, 5.41) is 26.0. The Labute approximate surface area is 197 Å². The highest BCUT2D eigenvalue weighted by molar-refractivity contribution is 5.88. The second-order valence-electron chi connectivity index (χ2n) is 11.6. The summed E-state index contributed by atoms with van der Waals surface area (Å²) in [5.74, 6) is -0.792. The standard InChI is InChI=1S/C27H41NO5/c1-8-14(2)16(4)28-24(31)22-21-18(11-20(33-7)23(30)25(21,6)17(5)29)19-9-10-27(32)13-26(19,22)12-15(27)3/h11,14,16,19-23,30,32H,3,8-10,12-13H2,1-2,4-7H3,(H,28,31)/t14-,16+,19-,20+,21+,22+,23-,25-,26-,27-/m0/s1. The van der Waals surface area contributed by atoms with Crippen molar-refractivity contribution in [3.8, 4) is 0 Å². The van der Waals surface area contributed by atoms with E-state index in [4.69, 9.17) is 4.74 Å². The number of nitrogens with one attached hydrogen (secondary N) is 1. The molecule has 0 aromatic heterocycles. The van der Waals surface area contributed by atoms with Crippen molar-refractivity contribution < 1.29 is 24.5 Å². The molecule has 33 heavy (non-hydrogen) atoms. The van der Waals surface area contributed by atoms with E-state index in [0.717, 1.165) is 24.0 Å². The molecule has 10 atom stereocenters. The zero-order valence-corrected chi connectivity index (χ0v) is 21.0. The summed E-state index contributed by atoms with van der Waals surface area (Å²) in [5.41, 5.74) is -0.764. The SMILES string of the molecule is C=C1C[C@]23C[C@@]1(O)CC[C@H]2C1=C[C@@H](OC)[C@H](O)[C@@](C)(C(C)=O)[C@H]1[C@@H]3C(=O)N[C@H](C)[C@@H](C)CC. The average molecular weight is 460 g/mol. The van der Waals surface area contributed by atoms with Gasteiger partial charge in [0.1, 0.15) is 11.9 Å². The summed E-state index contributed by atoms with van der Waals surface area (Å²) < 4.78 is 5.62. The van der Waals surface area contributed by atoms with Crippen LogP contribution in [0.1, 0.15) is 66.7 Å². The lowest BCUT2D eigenvalue weighted by Crippen LogP contribution is -2.57. The predicted molar refractivity (Wildman–Crippen MR) is 126 cm³/mol. The van der Waals surface area contributed by atoms with Crippen molar-refractivity contribution in [2.75, 3.05) is 7.11 Å². The smallest absolute Gasteiger partial charge is 0.224 e. The van der Waals surface area contributed by atoms with Crippen molar-refractivity contribution in [2.45, 2.75) is 90.6 Å². The van der Waals surface area contributed by atoms with Crippen LogP contribution in [0, 0.1) is 34.5 Å². The van der Waals surface area contributed by atoms with E-state index < -0.39 is 40.5 Å². The number of ether oxygens (including phenoxy) is 1. The molecule has 4 rings (SSSR count). The van der Waals surface area contributed by atoms with Crippen LogP contribution >= 0.6 is 0 Å². The first-order chi connectivity index (χ1) is 15.4. The molecule has 2 bridgehead atoms. The van der Waals surface area contributed by atoms with Crippen LogP contribution in [0.5, 0.6) is 0 Å². The number of aliphatic hydroxyl groups is 2. The third-order valence-corrected chi connectivity index (χ3v) is 10.2. The molecule has 184 valence electrons. The number of hydrogen-bond donors (Lipinski definition) is 3. The molecule has 0 radical (unpaired) electrons. The van der Waals surface area contributed by atoms with Crippen LogP contribution in [-0.4, -0.2) is 52.9 Å². The molecule has 0 aliphatic heterocycles. The molecule has 1 amide bonds. The third-order valence-electron chi connectivity index (χ3n) is 10.2. The highest BCUT2D eigenvalue weighted by atomic mass is 16.5. The zero-order chi connectivity index (χ0) is 24.5. The molecule has 3 fully saturated rings. The minimum Gasteiger partial charge on any atom is -0.389 e. The summed E-state index contributed by atoms with van der Waals surface area (Å²) in [4.78, 5) is 27.2. The summed E-state index contributed by atoms with van der Waals surface area (Å²) in [7, 11) is 1.55. The second kappa shape index (κ2) is 8.03. The summed E-state index contributed by atoms with van der Waals surface area (Å²) in [6, 6.07) is -0.0127. The van der Waals surface area contributed by atoms with Gasteiger partial charge >= 0.3 is 0 Å². The Bertz CT molecular complexity index is 897. The predicted octanol–water partition coefficient (Wildman–Crippen LogP) is 3.17. The van der Waals surface area contributed by atoms with Gasteiger partial charge in [-0.25, -0.2) is 0 Å². The Kier molecular flexibility index (Phi) is 5.99. The average Bonchev–Trinajstić information content (AvgIpc) is 3.15. The van der Waals surface area contributed by atoms with Crippen molar-refractivity contribution in [3.05, 3.63) is 23.8 Å². The van der Waals surface area contributed by atoms with E-state index >= 15 is 0 Å². The quantitative estimate of drug-likeness (QED) is 0.530. The van der Waals surface area contributed by atoms with Crippen LogP contribution < -0.4 is 5.32 Å². The molecule has 1 spiro atoms. The minimum absolute atomic E-state index is 0.0127. The molecule has 0 unspecified atom stereocenters. The van der Waals surface area contributed by atoms with Crippen LogP contribution in [-0.2, 0) is 14.3 Å². The van der Waals surface area contributed by atoms with Crippen molar-refractivity contribution in [2.24, 2.45) is 34.5 Å². The molecule has 0 heterocycles. The Balaban J connectivity index is 1.89. The number of ketones is 1. The van der Waals surface area contributed by atoms with Gasteiger partial charge in [0.05, 0.1) is 23.0 Å². The largest absolute Gasteiger partial charge is 0.389 e. The topological polar surface area (TPSA) is 95.9 Å². The molecular weight excluding hydrogens is 418 g/mol. The van der Waals surface area contributed by atoms with Crippen molar-refractivity contribution in [1.82, 2.24) is 5.32 Å². The van der Waals surface area contributed by atoms with E-state index in [0.29, 0.717) is 25.2 Å². The summed E-state index contributed by atoms with van der Waals surface area (Å²) >= 11 is 0. The fraction of sp³-hybridized carbons (Fsp3) is 0.778. The lowest BCUT2D eigenvalue weighted by molar-refractivity contribution is -0.153. The van der Waals surface area contributed by atoms with Gasteiger partial charge in [-0.3, -0.25) is 9.59 Å². The van der Waals surface area contributed by atoms with Gasteiger partial charge in [0, 0.05) is 19.1 Å². The van der Waals surface area contributed by atoms with Gasteiger partial charge in [-0.05, 0) is 69.3 Å². The van der Waals surface area contributed by atoms with E-state index in [-0.39, 0.29) is 23.7 Å². The van der Waals surface area contributed by atoms with E-state index in [1.165, 1.54) is 6.92 Å². The first-order valence-electron chi connectivity index (χ1n) is 12.5. The maximum absolute atomic E-state index is 14.1. The summed E-state index contributed by atoms with van der Waals surface area (Å²) in [6.07, 6.45) is 3.67. The molecule has 3 N–H and O–H groups in total. The molecule has 3 saturated carbocycles. The number of amides is 1. The number of methoxy groups -OCH3 is 1. The third kappa shape index (κ3) is 3.24. The van der Waals surface area contributed by atoms with Crippen LogP contribution in [0.4, 0.5) is 0 Å². The van der Waals surface area contributed by atoms with Gasteiger partial charge in [0.25, 0.3) is 0 Å². The zero-order valence-electron chi connectivity index (χ0n) is 21.0. The van der Waals surface area contributed by atoms with Crippen LogP contribution in [0.2, 0.25) is 0 Å². The van der Waals surface area contributed by atoms with Crippen LogP contribution in [0.25, 0.3) is 0 Å².